The number of nitrogens with one attached hydrogen (secondary N) is 1. The summed E-state index contributed by atoms with van der Waals surface area (Å²) in [5.41, 5.74) is 2.03. The smallest absolute Gasteiger partial charge is 0.317 e. The fraction of sp³-hybridized carbons (Fsp3) is 0.714. The van der Waals surface area contributed by atoms with Crippen molar-refractivity contribution < 1.29 is 13.2 Å². The van der Waals surface area contributed by atoms with Crippen LogP contribution < -0.4 is 5.32 Å². The Kier molecular flexibility index (Phi) is 4.96. The molecule has 0 fully saturated rings. The summed E-state index contributed by atoms with van der Waals surface area (Å²) < 4.78 is 36.6. The van der Waals surface area contributed by atoms with Gasteiger partial charge in [-0.1, -0.05) is 6.92 Å². The van der Waals surface area contributed by atoms with E-state index in [1.807, 2.05) is 0 Å². The van der Waals surface area contributed by atoms with Crippen molar-refractivity contribution in [3.05, 3.63) is 23.3 Å². The number of aromatic nitrogens is 2. The van der Waals surface area contributed by atoms with E-state index in [-0.39, 0.29) is 6.42 Å². The molecule has 6 heteroatoms. The van der Waals surface area contributed by atoms with Crippen LogP contribution >= 0.6 is 0 Å². The number of nitrogens with zero attached hydrogens (tertiary/aromatic N) is 2. The largest absolute Gasteiger partial charge is 0.389 e. The van der Waals surface area contributed by atoms with E-state index in [1.54, 1.807) is 6.20 Å². The molecule has 0 saturated heterocycles. The second kappa shape index (κ2) is 6.52. The maximum Gasteiger partial charge on any atom is 0.389 e. The zero-order valence-corrected chi connectivity index (χ0v) is 11.6. The Labute approximate surface area is 117 Å². The summed E-state index contributed by atoms with van der Waals surface area (Å²) >= 11 is 0. The zero-order chi connectivity index (χ0) is 14.6. The number of rotatable bonds is 5. The Bertz CT molecular complexity index is 446. The van der Waals surface area contributed by atoms with Crippen LogP contribution in [0.4, 0.5) is 13.2 Å². The quantitative estimate of drug-likeness (QED) is 0.905. The van der Waals surface area contributed by atoms with Crippen molar-refractivity contribution in [1.29, 1.82) is 0 Å². The van der Waals surface area contributed by atoms with Gasteiger partial charge in [0.05, 0.1) is 6.42 Å². The summed E-state index contributed by atoms with van der Waals surface area (Å²) in [5.74, 6) is 0.887. The number of fused-ring (bicyclic) bond motifs is 1. The molecule has 1 unspecified atom stereocenters. The third kappa shape index (κ3) is 4.44. The minimum atomic E-state index is -4.14. The molecule has 1 aromatic rings. The van der Waals surface area contributed by atoms with Crippen LogP contribution in [0.25, 0.3) is 0 Å². The molecule has 1 atom stereocenters. The Morgan fingerprint density at radius 1 is 1.40 bits per heavy atom. The summed E-state index contributed by atoms with van der Waals surface area (Å²) in [6.45, 7) is 4.01. The van der Waals surface area contributed by atoms with Gasteiger partial charge in [-0.15, -0.1) is 0 Å². The molecule has 0 bridgehead atoms. The van der Waals surface area contributed by atoms with Crippen molar-refractivity contribution >= 4 is 0 Å². The summed E-state index contributed by atoms with van der Waals surface area (Å²) in [5, 5.41) is 3.33. The molecule has 1 N–H and O–H groups in total. The van der Waals surface area contributed by atoms with Crippen molar-refractivity contribution in [1.82, 2.24) is 15.3 Å². The first-order valence-electron chi connectivity index (χ1n) is 7.09. The average Bonchev–Trinajstić information content (AvgIpc) is 2.41. The first-order chi connectivity index (χ1) is 9.48. The minimum absolute atomic E-state index is 0.127. The fourth-order valence-electron chi connectivity index (χ4n) is 2.52. The maximum absolute atomic E-state index is 12.2. The second-order valence-electron chi connectivity index (χ2n) is 5.29. The standard InChI is InChI=1S/C14H20F3N3/c1-2-18-8-10-3-4-12-11(7-10)9-19-13(20-12)5-6-14(15,16)17/h9-10,18H,2-8H2,1H3. The Balaban J connectivity index is 1.96. The van der Waals surface area contributed by atoms with Crippen LogP contribution in [0.15, 0.2) is 6.20 Å². The van der Waals surface area contributed by atoms with E-state index in [2.05, 4.69) is 22.2 Å². The van der Waals surface area contributed by atoms with Crippen molar-refractivity contribution in [2.75, 3.05) is 13.1 Å². The highest BCUT2D eigenvalue weighted by Crippen LogP contribution is 2.25. The molecule has 1 aliphatic rings. The van der Waals surface area contributed by atoms with Crippen LogP contribution in [0, 0.1) is 5.92 Å². The molecule has 0 aliphatic heterocycles. The molecule has 20 heavy (non-hydrogen) atoms. The van der Waals surface area contributed by atoms with Gasteiger partial charge in [0.1, 0.15) is 5.82 Å². The van der Waals surface area contributed by atoms with Crippen LogP contribution in [0.5, 0.6) is 0 Å². The van der Waals surface area contributed by atoms with Gasteiger partial charge in [-0.25, -0.2) is 9.97 Å². The SMILES string of the molecule is CCNCC1CCc2nc(CCC(F)(F)F)ncc2C1. The van der Waals surface area contributed by atoms with Crippen LogP contribution in [0.3, 0.4) is 0 Å². The number of aryl methyl sites for hydroxylation is 2. The van der Waals surface area contributed by atoms with Gasteiger partial charge in [0.2, 0.25) is 0 Å². The Morgan fingerprint density at radius 3 is 2.90 bits per heavy atom. The monoisotopic (exact) mass is 287 g/mol. The van der Waals surface area contributed by atoms with Gasteiger partial charge in [-0.2, -0.15) is 13.2 Å². The summed E-state index contributed by atoms with van der Waals surface area (Å²) in [6, 6.07) is 0. The van der Waals surface area contributed by atoms with Gasteiger partial charge >= 0.3 is 6.18 Å². The van der Waals surface area contributed by atoms with E-state index in [1.165, 1.54) is 0 Å². The first-order valence-corrected chi connectivity index (χ1v) is 7.09. The van der Waals surface area contributed by atoms with Crippen LogP contribution in [0.1, 0.15) is 36.8 Å². The van der Waals surface area contributed by atoms with E-state index in [9.17, 15) is 13.2 Å². The summed E-state index contributed by atoms with van der Waals surface area (Å²) in [4.78, 5) is 8.38. The number of alkyl halides is 3. The molecule has 0 radical (unpaired) electrons. The van der Waals surface area contributed by atoms with Crippen LogP contribution in [-0.4, -0.2) is 29.2 Å². The predicted molar refractivity (Wildman–Crippen MR) is 70.5 cm³/mol. The molecule has 0 spiro atoms. The third-order valence-corrected chi connectivity index (χ3v) is 3.62. The predicted octanol–water partition coefficient (Wildman–Crippen LogP) is 2.69. The lowest BCUT2D eigenvalue weighted by atomic mass is 9.87. The van der Waals surface area contributed by atoms with E-state index >= 15 is 0 Å². The zero-order valence-electron chi connectivity index (χ0n) is 11.6. The second-order valence-corrected chi connectivity index (χ2v) is 5.29. The average molecular weight is 287 g/mol. The fourth-order valence-corrected chi connectivity index (χ4v) is 2.52. The topological polar surface area (TPSA) is 37.8 Å². The van der Waals surface area contributed by atoms with Crippen molar-refractivity contribution in [2.45, 2.75) is 45.2 Å². The van der Waals surface area contributed by atoms with Gasteiger partial charge in [0, 0.05) is 18.3 Å². The van der Waals surface area contributed by atoms with E-state index in [4.69, 9.17) is 0 Å². The third-order valence-electron chi connectivity index (χ3n) is 3.62. The molecular formula is C14H20F3N3. The molecule has 1 heterocycles. The number of hydrogen-bond donors (Lipinski definition) is 1. The Morgan fingerprint density at radius 2 is 2.20 bits per heavy atom. The summed E-state index contributed by atoms with van der Waals surface area (Å²) in [7, 11) is 0. The molecule has 1 aromatic heterocycles. The van der Waals surface area contributed by atoms with Crippen molar-refractivity contribution in [2.24, 2.45) is 5.92 Å². The van der Waals surface area contributed by atoms with Crippen molar-refractivity contribution in [3.63, 3.8) is 0 Å². The molecule has 0 saturated carbocycles. The van der Waals surface area contributed by atoms with Crippen LogP contribution in [0.2, 0.25) is 0 Å². The lowest BCUT2D eigenvalue weighted by Gasteiger charge is -2.24. The summed E-state index contributed by atoms with van der Waals surface area (Å²) in [6.07, 6.45) is -0.612. The molecule has 2 rings (SSSR count). The highest BCUT2D eigenvalue weighted by atomic mass is 19.4. The van der Waals surface area contributed by atoms with E-state index < -0.39 is 12.6 Å². The maximum atomic E-state index is 12.2. The normalized spacial score (nSPS) is 18.9. The lowest BCUT2D eigenvalue weighted by molar-refractivity contribution is -0.134. The highest BCUT2D eigenvalue weighted by molar-refractivity contribution is 5.21. The molecule has 0 amide bonds. The van der Waals surface area contributed by atoms with Gasteiger partial charge in [-0.05, 0) is 43.8 Å². The Hall–Kier alpha value is -1.17. The van der Waals surface area contributed by atoms with Crippen LogP contribution in [-0.2, 0) is 19.3 Å². The van der Waals surface area contributed by atoms with Gasteiger partial charge in [0.15, 0.2) is 0 Å². The molecule has 1 aliphatic carbocycles. The van der Waals surface area contributed by atoms with E-state index in [0.717, 1.165) is 43.6 Å². The highest BCUT2D eigenvalue weighted by Gasteiger charge is 2.27. The van der Waals surface area contributed by atoms with Gasteiger partial charge in [-0.3, -0.25) is 0 Å². The molecule has 3 nitrogen and oxygen atoms in total. The molecule has 112 valence electrons. The molecule has 0 aromatic carbocycles. The van der Waals surface area contributed by atoms with Gasteiger partial charge < -0.3 is 5.32 Å². The number of hydrogen-bond acceptors (Lipinski definition) is 3. The van der Waals surface area contributed by atoms with E-state index in [0.29, 0.717) is 11.7 Å². The van der Waals surface area contributed by atoms with Gasteiger partial charge in [0.25, 0.3) is 0 Å². The molecular weight excluding hydrogens is 267 g/mol. The lowest BCUT2D eigenvalue weighted by Crippen LogP contribution is -2.28. The first kappa shape index (κ1) is 15.2. The minimum Gasteiger partial charge on any atom is -0.317 e. The van der Waals surface area contributed by atoms with Crippen molar-refractivity contribution in [3.8, 4) is 0 Å². The number of halogens is 3.